The van der Waals surface area contributed by atoms with Gasteiger partial charge in [-0.3, -0.25) is 13.9 Å². The number of fused-ring (bicyclic) bond motifs is 1. The highest BCUT2D eigenvalue weighted by Gasteiger charge is 2.18. The molecule has 0 aliphatic heterocycles. The summed E-state index contributed by atoms with van der Waals surface area (Å²) in [7, 11) is 6.41. The number of benzene rings is 1. The zero-order valence-corrected chi connectivity index (χ0v) is 18.1. The van der Waals surface area contributed by atoms with Crippen molar-refractivity contribution in [1.82, 2.24) is 18.7 Å². The summed E-state index contributed by atoms with van der Waals surface area (Å²) in [5.41, 5.74) is 0.810. The van der Waals surface area contributed by atoms with Gasteiger partial charge in [0.2, 0.25) is 5.75 Å². The SMILES string of the molecule is CCn1c(=O)c2c(nc(C=Cc3ccc(OC)c(OC)c3OC)n2C)n(CC)c1=O. The molecule has 0 saturated carbocycles. The van der Waals surface area contributed by atoms with Gasteiger partial charge >= 0.3 is 5.69 Å². The molecule has 0 unspecified atom stereocenters. The average Bonchev–Trinajstić information content (AvgIpc) is 3.08. The van der Waals surface area contributed by atoms with Crippen molar-refractivity contribution in [2.75, 3.05) is 21.3 Å². The van der Waals surface area contributed by atoms with Crippen molar-refractivity contribution < 1.29 is 14.2 Å². The number of nitrogens with zero attached hydrogens (tertiary/aromatic N) is 4. The molecule has 0 N–H and O–H groups in total. The van der Waals surface area contributed by atoms with Gasteiger partial charge in [0, 0.05) is 25.7 Å². The number of hydrogen-bond donors (Lipinski definition) is 0. The molecule has 0 spiro atoms. The Morgan fingerprint density at radius 3 is 2.17 bits per heavy atom. The highest BCUT2D eigenvalue weighted by Crippen LogP contribution is 2.40. The Kier molecular flexibility index (Phi) is 6.00. The fraction of sp³-hybridized carbons (Fsp3) is 0.381. The first kappa shape index (κ1) is 21.2. The molecule has 0 radical (unpaired) electrons. The van der Waals surface area contributed by atoms with E-state index in [1.807, 2.05) is 19.1 Å². The van der Waals surface area contributed by atoms with Crippen LogP contribution in [0.2, 0.25) is 0 Å². The van der Waals surface area contributed by atoms with Gasteiger partial charge in [0.25, 0.3) is 5.56 Å². The first-order valence-electron chi connectivity index (χ1n) is 9.60. The summed E-state index contributed by atoms with van der Waals surface area (Å²) in [6.45, 7) is 4.34. The lowest BCUT2D eigenvalue weighted by Crippen LogP contribution is -2.39. The van der Waals surface area contributed by atoms with E-state index in [0.717, 1.165) is 5.56 Å². The van der Waals surface area contributed by atoms with Gasteiger partial charge in [-0.05, 0) is 38.1 Å². The van der Waals surface area contributed by atoms with E-state index in [2.05, 4.69) is 4.98 Å². The predicted molar refractivity (Wildman–Crippen MR) is 116 cm³/mol. The van der Waals surface area contributed by atoms with Gasteiger partial charge in [0.15, 0.2) is 22.7 Å². The standard InChI is InChI=1S/C21H26N4O5/c1-7-24-19-16(20(26)25(8-2)21(24)27)23(3)15(22-19)12-10-13-9-11-14(28-4)18(30-6)17(13)29-5/h9-12H,7-8H2,1-6H3. The van der Waals surface area contributed by atoms with Crippen molar-refractivity contribution >= 4 is 23.3 Å². The van der Waals surface area contributed by atoms with E-state index in [1.54, 1.807) is 52.0 Å². The molecule has 2 aromatic heterocycles. The zero-order valence-electron chi connectivity index (χ0n) is 18.1. The summed E-state index contributed by atoms with van der Waals surface area (Å²) >= 11 is 0. The molecule has 0 amide bonds. The number of methoxy groups -OCH3 is 3. The molecule has 3 aromatic rings. The molecule has 0 fully saturated rings. The first-order valence-corrected chi connectivity index (χ1v) is 9.60. The summed E-state index contributed by atoms with van der Waals surface area (Å²) in [6.07, 6.45) is 3.58. The molecule has 0 aliphatic carbocycles. The van der Waals surface area contributed by atoms with Gasteiger partial charge in [-0.25, -0.2) is 9.78 Å². The molecular formula is C21H26N4O5. The maximum atomic E-state index is 12.8. The van der Waals surface area contributed by atoms with E-state index in [4.69, 9.17) is 14.2 Å². The molecule has 9 heteroatoms. The van der Waals surface area contributed by atoms with Crippen LogP contribution in [-0.2, 0) is 20.1 Å². The van der Waals surface area contributed by atoms with Gasteiger partial charge in [-0.15, -0.1) is 0 Å². The summed E-state index contributed by atoms with van der Waals surface area (Å²) in [5.74, 6) is 2.10. The van der Waals surface area contributed by atoms with Gasteiger partial charge in [0.1, 0.15) is 5.82 Å². The van der Waals surface area contributed by atoms with E-state index in [9.17, 15) is 9.59 Å². The van der Waals surface area contributed by atoms with E-state index in [-0.39, 0.29) is 11.2 Å². The van der Waals surface area contributed by atoms with Gasteiger partial charge in [0.05, 0.1) is 21.3 Å². The molecule has 0 aliphatic rings. The van der Waals surface area contributed by atoms with Crippen LogP contribution in [0, 0.1) is 0 Å². The fourth-order valence-electron chi connectivity index (χ4n) is 3.51. The quantitative estimate of drug-likeness (QED) is 0.588. The Balaban J connectivity index is 2.20. The van der Waals surface area contributed by atoms with Crippen molar-refractivity contribution in [3.05, 3.63) is 44.4 Å². The second-order valence-electron chi connectivity index (χ2n) is 6.53. The van der Waals surface area contributed by atoms with E-state index in [1.165, 1.54) is 9.13 Å². The monoisotopic (exact) mass is 414 g/mol. The first-order chi connectivity index (χ1) is 14.4. The maximum Gasteiger partial charge on any atom is 0.332 e. The number of aryl methyl sites for hydroxylation is 2. The fourth-order valence-corrected chi connectivity index (χ4v) is 3.51. The van der Waals surface area contributed by atoms with Crippen LogP contribution in [0.5, 0.6) is 17.2 Å². The van der Waals surface area contributed by atoms with Crippen LogP contribution in [0.3, 0.4) is 0 Å². The third kappa shape index (κ3) is 3.26. The van der Waals surface area contributed by atoms with Gasteiger partial charge < -0.3 is 18.8 Å². The van der Waals surface area contributed by atoms with Crippen LogP contribution >= 0.6 is 0 Å². The minimum absolute atomic E-state index is 0.298. The van der Waals surface area contributed by atoms with Gasteiger partial charge in [-0.2, -0.15) is 0 Å². The van der Waals surface area contributed by atoms with Crippen LogP contribution in [0.25, 0.3) is 23.3 Å². The van der Waals surface area contributed by atoms with E-state index < -0.39 is 0 Å². The van der Waals surface area contributed by atoms with Crippen molar-refractivity contribution in [3.63, 3.8) is 0 Å². The maximum absolute atomic E-state index is 12.8. The van der Waals surface area contributed by atoms with Crippen LogP contribution in [0.15, 0.2) is 21.7 Å². The van der Waals surface area contributed by atoms with Crippen molar-refractivity contribution in [2.24, 2.45) is 7.05 Å². The van der Waals surface area contributed by atoms with Crippen LogP contribution < -0.4 is 25.5 Å². The molecule has 0 atom stereocenters. The number of imidazole rings is 1. The van der Waals surface area contributed by atoms with Crippen molar-refractivity contribution in [3.8, 4) is 17.2 Å². The smallest absolute Gasteiger partial charge is 0.332 e. The molecule has 0 bridgehead atoms. The Bertz CT molecular complexity index is 1230. The van der Waals surface area contributed by atoms with Crippen LogP contribution in [0.1, 0.15) is 25.2 Å². The number of rotatable bonds is 7. The lowest BCUT2D eigenvalue weighted by molar-refractivity contribution is 0.324. The van der Waals surface area contributed by atoms with Gasteiger partial charge in [-0.1, -0.05) is 0 Å². The molecule has 2 heterocycles. The summed E-state index contributed by atoms with van der Waals surface area (Å²) in [6, 6.07) is 3.62. The van der Waals surface area contributed by atoms with E-state index >= 15 is 0 Å². The number of aromatic nitrogens is 4. The Morgan fingerprint density at radius 2 is 1.60 bits per heavy atom. The lowest BCUT2D eigenvalue weighted by Gasteiger charge is -2.13. The zero-order chi connectivity index (χ0) is 22.0. The van der Waals surface area contributed by atoms with Crippen molar-refractivity contribution in [1.29, 1.82) is 0 Å². The topological polar surface area (TPSA) is 89.5 Å². The molecule has 9 nitrogen and oxygen atoms in total. The second kappa shape index (κ2) is 8.48. The second-order valence-corrected chi connectivity index (χ2v) is 6.53. The number of ether oxygens (including phenoxy) is 3. The Labute approximate surface area is 173 Å². The third-order valence-corrected chi connectivity index (χ3v) is 5.06. The van der Waals surface area contributed by atoms with E-state index in [0.29, 0.717) is 47.3 Å². The van der Waals surface area contributed by atoms with Crippen LogP contribution in [-0.4, -0.2) is 40.0 Å². The number of hydrogen-bond acceptors (Lipinski definition) is 6. The predicted octanol–water partition coefficient (Wildman–Crippen LogP) is 2.13. The molecule has 160 valence electrons. The molecule has 30 heavy (non-hydrogen) atoms. The normalized spacial score (nSPS) is 11.4. The minimum atomic E-state index is -0.354. The summed E-state index contributed by atoms with van der Waals surface area (Å²) in [5, 5.41) is 0. The lowest BCUT2D eigenvalue weighted by atomic mass is 10.1. The average molecular weight is 414 g/mol. The molecular weight excluding hydrogens is 388 g/mol. The largest absolute Gasteiger partial charge is 0.493 e. The third-order valence-electron chi connectivity index (χ3n) is 5.06. The summed E-state index contributed by atoms with van der Waals surface area (Å²) < 4.78 is 20.7. The highest BCUT2D eigenvalue weighted by molar-refractivity contribution is 5.79. The molecule has 3 rings (SSSR count). The molecule has 1 aromatic carbocycles. The minimum Gasteiger partial charge on any atom is -0.493 e. The summed E-state index contributed by atoms with van der Waals surface area (Å²) in [4.78, 5) is 30.0. The van der Waals surface area contributed by atoms with Crippen molar-refractivity contribution in [2.45, 2.75) is 26.9 Å². The molecule has 0 saturated heterocycles. The Morgan fingerprint density at radius 1 is 0.933 bits per heavy atom. The highest BCUT2D eigenvalue weighted by atomic mass is 16.5. The van der Waals surface area contributed by atoms with Crippen LogP contribution in [0.4, 0.5) is 0 Å². The Hall–Kier alpha value is -3.49.